The van der Waals surface area contributed by atoms with Gasteiger partial charge in [0.1, 0.15) is 22.9 Å². The number of amides is 1. The van der Waals surface area contributed by atoms with Gasteiger partial charge in [0.25, 0.3) is 5.91 Å². The maximum absolute atomic E-state index is 13.4. The SMILES string of the molecule is NC[C@@H]1[C@@H]2CN3C(=O)c4[nH]ccc4[C@@H]4N=C(N)N[C@]43[C@@H]2[C@]2(NC(N)=N[C@@H]2O)[C@@H]1Cl. The summed E-state index contributed by atoms with van der Waals surface area (Å²) in [6.07, 6.45) is 0.539. The summed E-state index contributed by atoms with van der Waals surface area (Å²) < 4.78 is 0. The molecule has 0 radical (unpaired) electrons. The number of fused-ring (bicyclic) bond motifs is 4. The normalized spacial score (nSPS) is 46.6. The maximum atomic E-state index is 13.4. The third-order valence-corrected chi connectivity index (χ3v) is 8.18. The third-order valence-electron chi connectivity index (χ3n) is 7.49. The van der Waals surface area contributed by atoms with Crippen LogP contribution in [0.2, 0.25) is 0 Å². The minimum Gasteiger partial charge on any atom is -0.370 e. The van der Waals surface area contributed by atoms with E-state index in [-0.39, 0.29) is 35.6 Å². The van der Waals surface area contributed by atoms with Crippen LogP contribution in [0, 0.1) is 17.8 Å². The van der Waals surface area contributed by atoms with Crippen molar-refractivity contribution >= 4 is 29.4 Å². The Balaban J connectivity index is 1.60. The van der Waals surface area contributed by atoms with E-state index in [9.17, 15) is 9.90 Å². The number of rotatable bonds is 1. The largest absolute Gasteiger partial charge is 0.370 e. The highest BCUT2D eigenvalue weighted by atomic mass is 35.5. The Morgan fingerprint density at radius 2 is 2.07 bits per heavy atom. The fraction of sp³-hybridized carbons (Fsp3) is 0.588. The van der Waals surface area contributed by atoms with E-state index in [1.165, 1.54) is 0 Å². The number of aromatic nitrogens is 1. The molecule has 154 valence electrons. The van der Waals surface area contributed by atoms with Gasteiger partial charge in [0.2, 0.25) is 0 Å². The van der Waals surface area contributed by atoms with Crippen molar-refractivity contribution in [3.63, 3.8) is 0 Å². The van der Waals surface area contributed by atoms with Crippen molar-refractivity contribution < 1.29 is 9.90 Å². The average Bonchev–Trinajstić information content (AvgIpc) is 3.42. The van der Waals surface area contributed by atoms with E-state index in [0.717, 1.165) is 5.56 Å². The van der Waals surface area contributed by atoms with Crippen LogP contribution in [0.1, 0.15) is 22.1 Å². The summed E-state index contributed by atoms with van der Waals surface area (Å²) in [5.74, 6) is -0.446. The number of H-pyrrole nitrogens is 1. The minimum atomic E-state index is -1.18. The number of aliphatic imine (C=N–C) groups is 2. The lowest BCUT2D eigenvalue weighted by molar-refractivity contribution is -0.0123. The molecule has 10 N–H and O–H groups in total. The number of nitrogens with one attached hydrogen (secondary N) is 3. The molecule has 12 heteroatoms. The van der Waals surface area contributed by atoms with Gasteiger partial charge in [0.15, 0.2) is 18.1 Å². The zero-order valence-corrected chi connectivity index (χ0v) is 16.1. The summed E-state index contributed by atoms with van der Waals surface area (Å²) in [6, 6.07) is 1.39. The van der Waals surface area contributed by atoms with Gasteiger partial charge < -0.3 is 42.8 Å². The topological polar surface area (TPSA) is 183 Å². The first-order valence-corrected chi connectivity index (χ1v) is 10.0. The van der Waals surface area contributed by atoms with Gasteiger partial charge in [-0.15, -0.1) is 11.6 Å². The van der Waals surface area contributed by atoms with Crippen LogP contribution in [-0.4, -0.2) is 68.7 Å². The molecule has 5 heterocycles. The van der Waals surface area contributed by atoms with Crippen molar-refractivity contribution in [1.82, 2.24) is 20.5 Å². The van der Waals surface area contributed by atoms with E-state index in [0.29, 0.717) is 18.8 Å². The second kappa shape index (κ2) is 5.15. The predicted molar refractivity (Wildman–Crippen MR) is 105 cm³/mol. The fourth-order valence-electron chi connectivity index (χ4n) is 6.60. The number of halogens is 1. The fourth-order valence-corrected chi connectivity index (χ4v) is 7.19. The summed E-state index contributed by atoms with van der Waals surface area (Å²) in [6.45, 7) is 0.713. The number of carbonyl (C=O) groups is 1. The van der Waals surface area contributed by atoms with Gasteiger partial charge >= 0.3 is 0 Å². The molecule has 0 unspecified atom stereocenters. The van der Waals surface area contributed by atoms with Crippen LogP contribution in [0.15, 0.2) is 22.2 Å². The molecule has 0 bridgehead atoms. The minimum absolute atomic E-state index is 0.102. The van der Waals surface area contributed by atoms with Crippen molar-refractivity contribution in [1.29, 1.82) is 0 Å². The van der Waals surface area contributed by atoms with Gasteiger partial charge in [0.05, 0.1) is 5.38 Å². The van der Waals surface area contributed by atoms with E-state index in [4.69, 9.17) is 28.8 Å². The third kappa shape index (κ3) is 1.68. The van der Waals surface area contributed by atoms with Gasteiger partial charge in [-0.05, 0) is 24.4 Å². The smallest absolute Gasteiger partial charge is 0.272 e. The number of nitrogens with zero attached hydrogens (tertiary/aromatic N) is 3. The number of hydrogen-bond donors (Lipinski definition) is 7. The molecule has 1 aliphatic carbocycles. The van der Waals surface area contributed by atoms with E-state index in [1.807, 2.05) is 6.07 Å². The number of carbonyl (C=O) groups excluding carboxylic acids is 1. The quantitative estimate of drug-likeness (QED) is 0.246. The molecule has 1 amide bonds. The lowest BCUT2D eigenvalue weighted by Gasteiger charge is -2.51. The molecule has 1 saturated carbocycles. The number of alkyl halides is 1. The average molecular weight is 420 g/mol. The molecule has 4 aliphatic heterocycles. The van der Waals surface area contributed by atoms with Gasteiger partial charge in [-0.1, -0.05) is 0 Å². The van der Waals surface area contributed by atoms with Crippen molar-refractivity contribution in [3.05, 3.63) is 23.5 Å². The van der Waals surface area contributed by atoms with Gasteiger partial charge in [0, 0.05) is 24.2 Å². The molecular weight excluding hydrogens is 398 g/mol. The first kappa shape index (κ1) is 17.4. The Labute approximate surface area is 170 Å². The van der Waals surface area contributed by atoms with Crippen LogP contribution in [0.5, 0.6) is 0 Å². The summed E-state index contributed by atoms with van der Waals surface area (Å²) in [5, 5.41) is 16.9. The van der Waals surface area contributed by atoms with Crippen LogP contribution in [0.3, 0.4) is 0 Å². The number of guanidine groups is 2. The molecule has 2 spiro atoms. The summed E-state index contributed by atoms with van der Waals surface area (Å²) in [4.78, 5) is 27.0. The number of aliphatic hydroxyl groups excluding tert-OH is 1. The first-order chi connectivity index (χ1) is 13.9. The summed E-state index contributed by atoms with van der Waals surface area (Å²) >= 11 is 6.94. The molecule has 1 saturated heterocycles. The van der Waals surface area contributed by atoms with Gasteiger partial charge in [-0.25, -0.2) is 9.98 Å². The molecular formula is C17H22ClN9O2. The number of hydrogen-bond acceptors (Lipinski definition) is 9. The number of aromatic amines is 1. The highest BCUT2D eigenvalue weighted by molar-refractivity contribution is 6.22. The van der Waals surface area contributed by atoms with Crippen LogP contribution >= 0.6 is 11.6 Å². The van der Waals surface area contributed by atoms with E-state index >= 15 is 0 Å². The molecule has 1 aromatic rings. The van der Waals surface area contributed by atoms with Crippen molar-refractivity contribution in [3.8, 4) is 0 Å². The first-order valence-electron chi connectivity index (χ1n) is 9.60. The zero-order chi connectivity index (χ0) is 20.3. The van der Waals surface area contributed by atoms with Crippen LogP contribution in [-0.2, 0) is 0 Å². The van der Waals surface area contributed by atoms with E-state index in [2.05, 4.69) is 25.6 Å². The summed E-state index contributed by atoms with van der Waals surface area (Å²) in [7, 11) is 0. The standard InChI is InChI=1S/C17H22ClN9O2/c18-10-6(3-19)7-4-27-12(28)8-5(1-2-22-8)11-17(27,26-14(20)23-11)9(7)16(10)13(29)24-15(21)25-16/h1-2,6-7,9-11,13,22,29H,3-4,19H2,(H3,20,23,26)(H3,21,24,25)/t6-,7+,9+,10-,11+,13-,16+,17+/m1/s1. The summed E-state index contributed by atoms with van der Waals surface area (Å²) in [5.41, 5.74) is 17.4. The highest BCUT2D eigenvalue weighted by Gasteiger charge is 2.78. The highest BCUT2D eigenvalue weighted by Crippen LogP contribution is 2.64. The molecule has 0 aromatic carbocycles. The molecule has 1 aromatic heterocycles. The lowest BCUT2D eigenvalue weighted by Crippen LogP contribution is -2.73. The Bertz CT molecular complexity index is 993. The molecule has 5 aliphatic rings. The molecule has 8 atom stereocenters. The van der Waals surface area contributed by atoms with Crippen LogP contribution in [0.4, 0.5) is 0 Å². The molecule has 29 heavy (non-hydrogen) atoms. The van der Waals surface area contributed by atoms with Gasteiger partial charge in [-0.2, -0.15) is 0 Å². The Hall–Kier alpha value is -2.50. The second-order valence-corrected chi connectivity index (χ2v) is 8.95. The monoisotopic (exact) mass is 419 g/mol. The maximum Gasteiger partial charge on any atom is 0.272 e. The Morgan fingerprint density at radius 3 is 2.76 bits per heavy atom. The molecule has 2 fully saturated rings. The zero-order valence-electron chi connectivity index (χ0n) is 15.3. The Morgan fingerprint density at radius 1 is 1.31 bits per heavy atom. The van der Waals surface area contributed by atoms with Crippen LogP contribution in [0.25, 0.3) is 0 Å². The van der Waals surface area contributed by atoms with E-state index in [1.54, 1.807) is 11.1 Å². The number of aliphatic hydroxyl groups is 1. The molecule has 6 rings (SSSR count). The Kier molecular flexibility index (Phi) is 3.09. The molecule has 11 nitrogen and oxygen atoms in total. The second-order valence-electron chi connectivity index (χ2n) is 8.48. The van der Waals surface area contributed by atoms with Gasteiger partial charge in [-0.3, -0.25) is 4.79 Å². The van der Waals surface area contributed by atoms with E-state index < -0.39 is 28.8 Å². The van der Waals surface area contributed by atoms with Crippen molar-refractivity contribution in [2.24, 2.45) is 44.9 Å². The predicted octanol–water partition coefficient (Wildman–Crippen LogP) is -2.46. The van der Waals surface area contributed by atoms with Crippen LogP contribution < -0.4 is 27.8 Å². The number of nitrogens with two attached hydrogens (primary N) is 3. The lowest BCUT2D eigenvalue weighted by atomic mass is 9.70. The van der Waals surface area contributed by atoms with Crippen molar-refractivity contribution in [2.75, 3.05) is 13.1 Å². The van der Waals surface area contributed by atoms with Crippen molar-refractivity contribution in [2.45, 2.75) is 28.8 Å².